The highest BCUT2D eigenvalue weighted by Gasteiger charge is 2.29. The van der Waals surface area contributed by atoms with Gasteiger partial charge in [-0.05, 0) is 29.7 Å². The number of nitrogens with zero attached hydrogens (tertiary/aromatic N) is 3. The third-order valence-corrected chi connectivity index (χ3v) is 8.03. The molecular formula is C23H31N3O6S2. The van der Waals surface area contributed by atoms with Crippen molar-refractivity contribution in [1.82, 2.24) is 13.5 Å². The second-order valence-electron chi connectivity index (χ2n) is 8.20. The molecule has 1 saturated heterocycles. The van der Waals surface area contributed by atoms with Gasteiger partial charge in [-0.3, -0.25) is 9.45 Å². The van der Waals surface area contributed by atoms with E-state index in [4.69, 9.17) is 4.74 Å². The number of carbonyl (C=O) groups excluding carboxylic acids is 1. The Morgan fingerprint density at radius 2 is 1.71 bits per heavy atom. The van der Waals surface area contributed by atoms with E-state index in [1.807, 2.05) is 30.3 Å². The van der Waals surface area contributed by atoms with Gasteiger partial charge in [0.05, 0.1) is 18.9 Å². The van der Waals surface area contributed by atoms with Crippen LogP contribution in [0.15, 0.2) is 54.6 Å². The fraction of sp³-hybridized carbons (Fsp3) is 0.435. The Balaban J connectivity index is 1.70. The minimum atomic E-state index is -3.23. The van der Waals surface area contributed by atoms with Crippen LogP contribution < -0.4 is 0 Å². The first-order valence-electron chi connectivity index (χ1n) is 11.0. The van der Waals surface area contributed by atoms with Gasteiger partial charge in [-0.1, -0.05) is 42.5 Å². The first-order valence-corrected chi connectivity index (χ1v) is 13.9. The molecule has 0 spiro atoms. The van der Waals surface area contributed by atoms with Crippen LogP contribution in [0.2, 0.25) is 0 Å². The summed E-state index contributed by atoms with van der Waals surface area (Å²) < 4.78 is 53.4. The van der Waals surface area contributed by atoms with E-state index >= 15 is 0 Å². The molecule has 2 aromatic carbocycles. The van der Waals surface area contributed by atoms with Crippen LogP contribution in [0.5, 0.6) is 0 Å². The van der Waals surface area contributed by atoms with Gasteiger partial charge >= 0.3 is 5.97 Å². The molecule has 2 unspecified atom stereocenters. The Hall–Kier alpha value is -2.15. The normalized spacial score (nSPS) is 17.4. The molecule has 3 rings (SSSR count). The van der Waals surface area contributed by atoms with Crippen molar-refractivity contribution in [2.45, 2.75) is 19.0 Å². The molecule has 0 aliphatic carbocycles. The SMILES string of the molecule is COC(=O)c1ccc(CN(CCC(c2ccccc2)N2CCN(S(C)(=O)=O)CC2)S(=O)O)cc1. The maximum Gasteiger partial charge on any atom is 0.337 e. The molecule has 9 nitrogen and oxygen atoms in total. The average Bonchev–Trinajstić information content (AvgIpc) is 2.83. The monoisotopic (exact) mass is 509 g/mol. The van der Waals surface area contributed by atoms with Gasteiger partial charge in [0.15, 0.2) is 0 Å². The van der Waals surface area contributed by atoms with Crippen molar-refractivity contribution in [2.24, 2.45) is 0 Å². The van der Waals surface area contributed by atoms with Crippen LogP contribution in [-0.2, 0) is 32.6 Å². The Morgan fingerprint density at radius 3 is 2.24 bits per heavy atom. The van der Waals surface area contributed by atoms with Crippen molar-refractivity contribution >= 4 is 27.3 Å². The van der Waals surface area contributed by atoms with Crippen molar-refractivity contribution in [1.29, 1.82) is 0 Å². The molecule has 0 aromatic heterocycles. The molecule has 1 heterocycles. The number of benzene rings is 2. The number of sulfonamides is 1. The van der Waals surface area contributed by atoms with E-state index in [2.05, 4.69) is 4.90 Å². The molecule has 34 heavy (non-hydrogen) atoms. The molecule has 0 saturated carbocycles. The largest absolute Gasteiger partial charge is 0.465 e. The van der Waals surface area contributed by atoms with Gasteiger partial charge in [0, 0.05) is 45.3 Å². The summed E-state index contributed by atoms with van der Waals surface area (Å²) in [5, 5.41) is 0. The standard InChI is InChI=1S/C23H31N3O6S2/c1-32-23(27)21-10-8-19(9-11-21)18-25(33(28)29)13-12-22(20-6-4-3-5-7-20)24-14-16-26(17-15-24)34(2,30)31/h3-11,22H,12-18H2,1-2H3,(H,28,29). The highest BCUT2D eigenvalue weighted by molar-refractivity contribution is 7.88. The zero-order valence-electron chi connectivity index (χ0n) is 19.4. The maximum atomic E-state index is 12.1. The smallest absolute Gasteiger partial charge is 0.337 e. The van der Waals surface area contributed by atoms with E-state index < -0.39 is 27.3 Å². The third kappa shape index (κ3) is 7.17. The zero-order valence-corrected chi connectivity index (χ0v) is 21.0. The molecule has 1 aliphatic heterocycles. The van der Waals surface area contributed by atoms with E-state index in [0.29, 0.717) is 44.7 Å². The average molecular weight is 510 g/mol. The highest BCUT2D eigenvalue weighted by Crippen LogP contribution is 2.27. The molecule has 0 bridgehead atoms. The number of hydrogen-bond donors (Lipinski definition) is 1. The lowest BCUT2D eigenvalue weighted by atomic mass is 10.0. The number of piperazine rings is 1. The lowest BCUT2D eigenvalue weighted by Crippen LogP contribution is -2.49. The summed E-state index contributed by atoms with van der Waals surface area (Å²) in [5.41, 5.74) is 2.30. The van der Waals surface area contributed by atoms with Gasteiger partial charge in [0.2, 0.25) is 21.3 Å². The number of rotatable bonds is 10. The van der Waals surface area contributed by atoms with Crippen LogP contribution in [0.25, 0.3) is 0 Å². The van der Waals surface area contributed by atoms with E-state index in [9.17, 15) is 22.0 Å². The molecule has 0 amide bonds. The predicted molar refractivity (Wildman–Crippen MR) is 131 cm³/mol. The molecule has 1 aliphatic rings. The van der Waals surface area contributed by atoms with Gasteiger partial charge in [-0.25, -0.2) is 17.4 Å². The van der Waals surface area contributed by atoms with Crippen LogP contribution in [-0.4, -0.2) is 82.7 Å². The summed E-state index contributed by atoms with van der Waals surface area (Å²) in [6, 6.07) is 16.6. The Labute approximate surface area is 203 Å². The van der Waals surface area contributed by atoms with Crippen molar-refractivity contribution in [2.75, 3.05) is 46.1 Å². The van der Waals surface area contributed by atoms with Crippen molar-refractivity contribution in [3.05, 3.63) is 71.3 Å². The van der Waals surface area contributed by atoms with Gasteiger partial charge in [0.1, 0.15) is 0 Å². The summed E-state index contributed by atoms with van der Waals surface area (Å²) in [6.45, 7) is 2.62. The van der Waals surface area contributed by atoms with E-state index in [-0.39, 0.29) is 12.6 Å². The molecule has 1 fully saturated rings. The molecule has 11 heteroatoms. The third-order valence-electron chi connectivity index (χ3n) is 5.97. The summed E-state index contributed by atoms with van der Waals surface area (Å²) in [5.74, 6) is -0.434. The topological polar surface area (TPSA) is 107 Å². The van der Waals surface area contributed by atoms with E-state index in [1.54, 1.807) is 24.3 Å². The zero-order chi connectivity index (χ0) is 24.7. The van der Waals surface area contributed by atoms with E-state index in [0.717, 1.165) is 11.1 Å². The van der Waals surface area contributed by atoms with Crippen LogP contribution >= 0.6 is 0 Å². The fourth-order valence-corrected chi connectivity index (χ4v) is 5.48. The summed E-state index contributed by atoms with van der Waals surface area (Å²) in [7, 11) is -1.91. The Bertz CT molecular complexity index is 1070. The summed E-state index contributed by atoms with van der Waals surface area (Å²) in [6.07, 6.45) is 1.82. The lowest BCUT2D eigenvalue weighted by Gasteiger charge is -2.39. The van der Waals surface area contributed by atoms with Crippen LogP contribution in [0.4, 0.5) is 0 Å². The number of carbonyl (C=O) groups is 1. The van der Waals surface area contributed by atoms with E-state index in [1.165, 1.54) is 22.0 Å². The van der Waals surface area contributed by atoms with Crippen LogP contribution in [0.1, 0.15) is 33.9 Å². The minimum absolute atomic E-state index is 0.0179. The van der Waals surface area contributed by atoms with Crippen LogP contribution in [0.3, 0.4) is 0 Å². The molecular weight excluding hydrogens is 478 g/mol. The lowest BCUT2D eigenvalue weighted by molar-refractivity contribution is 0.0600. The molecule has 0 radical (unpaired) electrons. The van der Waals surface area contributed by atoms with Crippen molar-refractivity contribution in [3.63, 3.8) is 0 Å². The first kappa shape index (κ1) is 26.5. The van der Waals surface area contributed by atoms with Crippen molar-refractivity contribution in [3.8, 4) is 0 Å². The number of methoxy groups -OCH3 is 1. The van der Waals surface area contributed by atoms with Crippen LogP contribution in [0, 0.1) is 0 Å². The number of hydrogen-bond acceptors (Lipinski definition) is 6. The quantitative estimate of drug-likeness (QED) is 0.386. The van der Waals surface area contributed by atoms with Gasteiger partial charge < -0.3 is 4.74 Å². The molecule has 1 N–H and O–H groups in total. The predicted octanol–water partition coefficient (Wildman–Crippen LogP) is 2.12. The fourth-order valence-electron chi connectivity index (χ4n) is 4.13. The Morgan fingerprint density at radius 1 is 1.09 bits per heavy atom. The molecule has 186 valence electrons. The Kier molecular flexibility index (Phi) is 9.34. The van der Waals surface area contributed by atoms with Crippen molar-refractivity contribution < 1.29 is 26.7 Å². The van der Waals surface area contributed by atoms with Gasteiger partial charge in [-0.15, -0.1) is 0 Å². The molecule has 2 atom stereocenters. The summed E-state index contributed by atoms with van der Waals surface area (Å²) >= 11 is -2.18. The first-order chi connectivity index (χ1) is 16.2. The van der Waals surface area contributed by atoms with Gasteiger partial charge in [0.25, 0.3) is 0 Å². The second kappa shape index (κ2) is 12.0. The maximum absolute atomic E-state index is 12.1. The highest BCUT2D eigenvalue weighted by atomic mass is 32.2. The minimum Gasteiger partial charge on any atom is -0.465 e. The number of esters is 1. The number of ether oxygens (including phenoxy) is 1. The molecule has 2 aromatic rings. The summed E-state index contributed by atoms with van der Waals surface area (Å²) in [4.78, 5) is 13.9. The van der Waals surface area contributed by atoms with Gasteiger partial charge in [-0.2, -0.15) is 8.61 Å². The second-order valence-corrected chi connectivity index (χ2v) is 11.2.